The van der Waals surface area contributed by atoms with E-state index < -0.39 is 0 Å². The van der Waals surface area contributed by atoms with E-state index in [-0.39, 0.29) is 29.6 Å². The third kappa shape index (κ3) is 6.31. The van der Waals surface area contributed by atoms with E-state index in [9.17, 15) is 14.0 Å². The van der Waals surface area contributed by atoms with Gasteiger partial charge in [-0.25, -0.2) is 4.39 Å². The van der Waals surface area contributed by atoms with Crippen LogP contribution in [-0.4, -0.2) is 47.3 Å². The van der Waals surface area contributed by atoms with E-state index in [0.717, 1.165) is 24.8 Å². The Bertz CT molecular complexity index is 618. The van der Waals surface area contributed by atoms with Gasteiger partial charge in [-0.3, -0.25) is 9.59 Å². The zero-order chi connectivity index (χ0) is 19.8. The largest absolute Gasteiger partial charge is 0.340 e. The van der Waals surface area contributed by atoms with Gasteiger partial charge in [-0.2, -0.15) is 0 Å². The average molecular weight is 378 g/mol. The second kappa shape index (κ2) is 10.4. The third-order valence-electron chi connectivity index (χ3n) is 5.21. The Morgan fingerprint density at radius 3 is 2.56 bits per heavy atom. The summed E-state index contributed by atoms with van der Waals surface area (Å²) >= 11 is 0. The van der Waals surface area contributed by atoms with Crippen molar-refractivity contribution in [2.75, 3.05) is 19.6 Å². The molecule has 2 amide bonds. The Labute approximate surface area is 161 Å². The van der Waals surface area contributed by atoms with Crippen molar-refractivity contribution < 1.29 is 14.0 Å². The lowest BCUT2D eigenvalue weighted by molar-refractivity contribution is -0.134. The molecule has 1 fully saturated rings. The molecular weight excluding hydrogens is 345 g/mol. The van der Waals surface area contributed by atoms with Crippen LogP contribution in [0.4, 0.5) is 4.39 Å². The molecule has 6 heteroatoms. The Kier molecular flexibility index (Phi) is 8.23. The topological polar surface area (TPSA) is 66.6 Å². The van der Waals surface area contributed by atoms with Gasteiger partial charge in [0.15, 0.2) is 0 Å². The number of nitrogens with two attached hydrogens (primary N) is 1. The van der Waals surface area contributed by atoms with E-state index in [1.165, 1.54) is 12.1 Å². The standard InChI is InChI=1S/C21H32FN3O2/c1-16(2)19-15-24(20(26)6-4-3-5-12-23)13-11-21(27)25(19)14-17-7-9-18(22)10-8-17/h7-10,16,19H,3-6,11-15,23H2,1-2H3. The van der Waals surface area contributed by atoms with Gasteiger partial charge >= 0.3 is 0 Å². The molecule has 1 aromatic carbocycles. The minimum atomic E-state index is -0.284. The number of benzene rings is 1. The second-order valence-electron chi connectivity index (χ2n) is 7.65. The summed E-state index contributed by atoms with van der Waals surface area (Å²) in [7, 11) is 0. The maximum Gasteiger partial charge on any atom is 0.224 e. The normalized spacial score (nSPS) is 18.1. The summed E-state index contributed by atoms with van der Waals surface area (Å²) in [4.78, 5) is 29.1. The first-order valence-electron chi connectivity index (χ1n) is 9.94. The molecule has 0 aliphatic carbocycles. The molecule has 1 unspecified atom stereocenters. The van der Waals surface area contributed by atoms with E-state index >= 15 is 0 Å². The van der Waals surface area contributed by atoms with E-state index in [4.69, 9.17) is 5.73 Å². The van der Waals surface area contributed by atoms with Gasteiger partial charge in [0.1, 0.15) is 5.82 Å². The fourth-order valence-corrected chi connectivity index (χ4v) is 3.52. The highest BCUT2D eigenvalue weighted by atomic mass is 19.1. The smallest absolute Gasteiger partial charge is 0.224 e. The van der Waals surface area contributed by atoms with Gasteiger partial charge in [0.25, 0.3) is 0 Å². The highest BCUT2D eigenvalue weighted by Crippen LogP contribution is 2.22. The van der Waals surface area contributed by atoms with Gasteiger partial charge in [-0.05, 0) is 43.0 Å². The number of nitrogens with zero attached hydrogens (tertiary/aromatic N) is 2. The van der Waals surface area contributed by atoms with Gasteiger partial charge in [0, 0.05) is 32.5 Å². The molecule has 1 saturated heterocycles. The lowest BCUT2D eigenvalue weighted by Gasteiger charge is -2.35. The monoisotopic (exact) mass is 377 g/mol. The lowest BCUT2D eigenvalue weighted by atomic mass is 10.0. The molecule has 0 bridgehead atoms. The number of carbonyl (C=O) groups excluding carboxylic acids is 2. The van der Waals surface area contributed by atoms with Crippen LogP contribution in [-0.2, 0) is 16.1 Å². The number of unbranched alkanes of at least 4 members (excludes halogenated alkanes) is 2. The van der Waals surface area contributed by atoms with Crippen LogP contribution in [0.5, 0.6) is 0 Å². The third-order valence-corrected chi connectivity index (χ3v) is 5.21. The number of amides is 2. The molecule has 150 valence electrons. The first-order chi connectivity index (χ1) is 12.9. The molecule has 0 saturated carbocycles. The first-order valence-corrected chi connectivity index (χ1v) is 9.94. The predicted molar refractivity (Wildman–Crippen MR) is 104 cm³/mol. The number of hydrogen-bond acceptors (Lipinski definition) is 3. The van der Waals surface area contributed by atoms with E-state index in [1.807, 2.05) is 9.80 Å². The molecule has 27 heavy (non-hydrogen) atoms. The van der Waals surface area contributed by atoms with Crippen molar-refractivity contribution in [1.82, 2.24) is 9.80 Å². The van der Waals surface area contributed by atoms with Crippen LogP contribution >= 0.6 is 0 Å². The molecule has 2 N–H and O–H groups in total. The Morgan fingerprint density at radius 2 is 1.93 bits per heavy atom. The fraction of sp³-hybridized carbons (Fsp3) is 0.619. The maximum absolute atomic E-state index is 13.2. The van der Waals surface area contributed by atoms with Gasteiger partial charge in [0.05, 0.1) is 6.04 Å². The Balaban J connectivity index is 2.06. The molecule has 1 aromatic rings. The van der Waals surface area contributed by atoms with Crippen LogP contribution < -0.4 is 5.73 Å². The number of hydrogen-bond donors (Lipinski definition) is 1. The SMILES string of the molecule is CC(C)C1CN(C(=O)CCCCCN)CCC(=O)N1Cc1ccc(F)cc1. The summed E-state index contributed by atoms with van der Waals surface area (Å²) in [5, 5.41) is 0. The summed E-state index contributed by atoms with van der Waals surface area (Å²) in [5.74, 6) is 0.110. The first kappa shape index (κ1) is 21.4. The minimum Gasteiger partial charge on any atom is -0.340 e. The molecule has 1 heterocycles. The maximum atomic E-state index is 13.2. The van der Waals surface area contributed by atoms with Crippen molar-refractivity contribution in [3.05, 3.63) is 35.6 Å². The zero-order valence-corrected chi connectivity index (χ0v) is 16.5. The van der Waals surface area contributed by atoms with Crippen molar-refractivity contribution >= 4 is 11.8 Å². The minimum absolute atomic E-state index is 0.0435. The van der Waals surface area contributed by atoms with Crippen LogP contribution in [0.1, 0.15) is 51.5 Å². The van der Waals surface area contributed by atoms with Crippen LogP contribution in [0.25, 0.3) is 0 Å². The fourth-order valence-electron chi connectivity index (χ4n) is 3.52. The molecule has 1 atom stereocenters. The highest BCUT2D eigenvalue weighted by Gasteiger charge is 2.33. The Hall–Kier alpha value is -1.95. The number of rotatable bonds is 8. The number of carbonyl (C=O) groups is 2. The van der Waals surface area contributed by atoms with Crippen LogP contribution in [0, 0.1) is 11.7 Å². The second-order valence-corrected chi connectivity index (χ2v) is 7.65. The van der Waals surface area contributed by atoms with Crippen molar-refractivity contribution in [3.8, 4) is 0 Å². The number of halogens is 1. The van der Waals surface area contributed by atoms with Crippen molar-refractivity contribution in [2.24, 2.45) is 11.7 Å². The molecule has 5 nitrogen and oxygen atoms in total. The van der Waals surface area contributed by atoms with Crippen LogP contribution in [0.15, 0.2) is 24.3 Å². The zero-order valence-electron chi connectivity index (χ0n) is 16.5. The van der Waals surface area contributed by atoms with E-state index in [0.29, 0.717) is 39.0 Å². The van der Waals surface area contributed by atoms with Crippen molar-refractivity contribution in [2.45, 2.75) is 58.5 Å². The van der Waals surface area contributed by atoms with Crippen LogP contribution in [0.3, 0.4) is 0 Å². The van der Waals surface area contributed by atoms with Gasteiger partial charge in [-0.1, -0.05) is 32.4 Å². The van der Waals surface area contributed by atoms with Gasteiger partial charge in [-0.15, -0.1) is 0 Å². The molecule has 1 aliphatic heterocycles. The van der Waals surface area contributed by atoms with Crippen LogP contribution in [0.2, 0.25) is 0 Å². The molecular formula is C21H32FN3O2. The van der Waals surface area contributed by atoms with Crippen molar-refractivity contribution in [1.29, 1.82) is 0 Å². The quantitative estimate of drug-likeness (QED) is 0.709. The highest BCUT2D eigenvalue weighted by molar-refractivity contribution is 5.80. The summed E-state index contributed by atoms with van der Waals surface area (Å²) in [6.45, 7) is 6.27. The molecule has 0 radical (unpaired) electrons. The van der Waals surface area contributed by atoms with Gasteiger partial charge < -0.3 is 15.5 Å². The summed E-state index contributed by atoms with van der Waals surface area (Å²) in [6, 6.07) is 6.22. The molecule has 1 aliphatic rings. The summed E-state index contributed by atoms with van der Waals surface area (Å²) < 4.78 is 13.2. The summed E-state index contributed by atoms with van der Waals surface area (Å²) in [6.07, 6.45) is 3.58. The predicted octanol–water partition coefficient (Wildman–Crippen LogP) is 2.93. The molecule has 2 rings (SSSR count). The van der Waals surface area contributed by atoms with Gasteiger partial charge in [0.2, 0.25) is 11.8 Å². The summed E-state index contributed by atoms with van der Waals surface area (Å²) in [5.41, 5.74) is 6.40. The lowest BCUT2D eigenvalue weighted by Crippen LogP contribution is -2.47. The van der Waals surface area contributed by atoms with Crippen molar-refractivity contribution in [3.63, 3.8) is 0 Å². The average Bonchev–Trinajstić information content (AvgIpc) is 2.80. The van der Waals surface area contributed by atoms with E-state index in [2.05, 4.69) is 13.8 Å². The molecule has 0 aromatic heterocycles. The molecule has 0 spiro atoms. The Morgan fingerprint density at radius 1 is 1.22 bits per heavy atom. The van der Waals surface area contributed by atoms with E-state index in [1.54, 1.807) is 12.1 Å².